The second-order valence-electron chi connectivity index (χ2n) is 4.90. The molecule has 0 aromatic heterocycles. The van der Waals surface area contributed by atoms with Crippen molar-refractivity contribution in [3.8, 4) is 5.75 Å². The normalized spacial score (nSPS) is 12.3. The van der Waals surface area contributed by atoms with Crippen LogP contribution in [0, 0.1) is 0 Å². The number of ether oxygens (including phenoxy) is 1. The molecule has 0 radical (unpaired) electrons. The van der Waals surface area contributed by atoms with E-state index in [1.54, 1.807) is 7.11 Å². The van der Waals surface area contributed by atoms with Gasteiger partial charge in [-0.1, -0.05) is 58.4 Å². The van der Waals surface area contributed by atoms with Crippen LogP contribution < -0.4 is 4.74 Å². The van der Waals surface area contributed by atoms with Gasteiger partial charge in [-0.3, -0.25) is 0 Å². The number of hydrogen-bond acceptors (Lipinski definition) is 2. The Kier molecular flexibility index (Phi) is 3.95. The van der Waals surface area contributed by atoms with Crippen LogP contribution in [0.5, 0.6) is 5.75 Å². The van der Waals surface area contributed by atoms with Gasteiger partial charge in [0.15, 0.2) is 0 Å². The molecule has 1 unspecified atom stereocenters. The van der Waals surface area contributed by atoms with Gasteiger partial charge < -0.3 is 9.84 Å². The van der Waals surface area contributed by atoms with Crippen molar-refractivity contribution in [2.45, 2.75) is 6.10 Å². The van der Waals surface area contributed by atoms with Crippen LogP contribution in [-0.2, 0) is 0 Å². The van der Waals surface area contributed by atoms with E-state index in [0.717, 1.165) is 26.4 Å². The van der Waals surface area contributed by atoms with Gasteiger partial charge in [-0.15, -0.1) is 0 Å². The third kappa shape index (κ3) is 2.80. The Balaban J connectivity index is 2.05. The van der Waals surface area contributed by atoms with Crippen molar-refractivity contribution in [2.24, 2.45) is 0 Å². The summed E-state index contributed by atoms with van der Waals surface area (Å²) in [5.74, 6) is 0.671. The predicted molar refractivity (Wildman–Crippen MR) is 88.7 cm³/mol. The first-order chi connectivity index (χ1) is 10.2. The summed E-state index contributed by atoms with van der Waals surface area (Å²) in [5.41, 5.74) is 1.62. The fraction of sp³-hybridized carbons (Fsp3) is 0.111. The molecule has 0 aliphatic rings. The minimum Gasteiger partial charge on any atom is -0.496 e. The van der Waals surface area contributed by atoms with Crippen LogP contribution in [0.1, 0.15) is 17.2 Å². The lowest BCUT2D eigenvalue weighted by Gasteiger charge is -2.16. The van der Waals surface area contributed by atoms with Crippen LogP contribution in [0.3, 0.4) is 0 Å². The summed E-state index contributed by atoms with van der Waals surface area (Å²) in [5, 5.41) is 12.9. The number of hydrogen-bond donors (Lipinski definition) is 1. The molecule has 0 aliphatic heterocycles. The van der Waals surface area contributed by atoms with Crippen molar-refractivity contribution in [3.63, 3.8) is 0 Å². The van der Waals surface area contributed by atoms with Gasteiger partial charge in [0.2, 0.25) is 0 Å². The topological polar surface area (TPSA) is 29.5 Å². The van der Waals surface area contributed by atoms with E-state index in [2.05, 4.69) is 22.0 Å². The molecule has 1 atom stereocenters. The number of fused-ring (bicyclic) bond motifs is 1. The summed E-state index contributed by atoms with van der Waals surface area (Å²) in [7, 11) is 1.61. The molecular weight excluding hydrogens is 328 g/mol. The SMILES string of the molecule is COc1cc(Br)ccc1C(O)c1ccc2ccccc2c1. The van der Waals surface area contributed by atoms with Crippen molar-refractivity contribution in [1.82, 2.24) is 0 Å². The molecule has 0 aliphatic carbocycles. The van der Waals surface area contributed by atoms with E-state index in [1.165, 1.54) is 0 Å². The zero-order valence-corrected chi connectivity index (χ0v) is 13.2. The fourth-order valence-corrected chi connectivity index (χ4v) is 2.81. The highest BCUT2D eigenvalue weighted by atomic mass is 79.9. The first-order valence-electron chi connectivity index (χ1n) is 6.69. The summed E-state index contributed by atoms with van der Waals surface area (Å²) in [6, 6.07) is 19.8. The van der Waals surface area contributed by atoms with E-state index in [4.69, 9.17) is 4.74 Å². The number of benzene rings is 3. The largest absolute Gasteiger partial charge is 0.496 e. The maximum absolute atomic E-state index is 10.7. The number of aliphatic hydroxyl groups is 1. The van der Waals surface area contributed by atoms with Gasteiger partial charge in [-0.2, -0.15) is 0 Å². The van der Waals surface area contributed by atoms with Gasteiger partial charge in [0.25, 0.3) is 0 Å². The highest BCUT2D eigenvalue weighted by molar-refractivity contribution is 9.10. The summed E-state index contributed by atoms with van der Waals surface area (Å²) >= 11 is 3.41. The van der Waals surface area contributed by atoms with Crippen molar-refractivity contribution in [2.75, 3.05) is 7.11 Å². The zero-order valence-electron chi connectivity index (χ0n) is 11.6. The molecule has 0 spiro atoms. The first kappa shape index (κ1) is 14.1. The van der Waals surface area contributed by atoms with Crippen LogP contribution >= 0.6 is 15.9 Å². The van der Waals surface area contributed by atoms with Crippen molar-refractivity contribution < 1.29 is 9.84 Å². The Hall–Kier alpha value is -1.84. The molecule has 0 amide bonds. The molecular formula is C18H15BrO2. The lowest BCUT2D eigenvalue weighted by Crippen LogP contribution is -2.02. The van der Waals surface area contributed by atoms with Crippen LogP contribution in [0.4, 0.5) is 0 Å². The van der Waals surface area contributed by atoms with Crippen LogP contribution in [-0.4, -0.2) is 12.2 Å². The second-order valence-corrected chi connectivity index (χ2v) is 5.81. The quantitative estimate of drug-likeness (QED) is 0.747. The summed E-state index contributed by atoms with van der Waals surface area (Å²) in [6.45, 7) is 0. The first-order valence-corrected chi connectivity index (χ1v) is 7.48. The lowest BCUT2D eigenvalue weighted by molar-refractivity contribution is 0.215. The Morgan fingerprint density at radius 2 is 1.71 bits per heavy atom. The molecule has 2 nitrogen and oxygen atoms in total. The summed E-state index contributed by atoms with van der Waals surface area (Å²) in [4.78, 5) is 0. The Morgan fingerprint density at radius 3 is 2.48 bits per heavy atom. The van der Waals surface area contributed by atoms with Gasteiger partial charge in [0.1, 0.15) is 11.9 Å². The van der Waals surface area contributed by atoms with Crippen molar-refractivity contribution >= 4 is 26.7 Å². The third-order valence-electron chi connectivity index (χ3n) is 3.58. The van der Waals surface area contributed by atoms with Gasteiger partial charge >= 0.3 is 0 Å². The van der Waals surface area contributed by atoms with E-state index >= 15 is 0 Å². The molecule has 0 saturated carbocycles. The van der Waals surface area contributed by atoms with E-state index in [0.29, 0.717) is 5.75 Å². The van der Waals surface area contributed by atoms with Crippen LogP contribution in [0.25, 0.3) is 10.8 Å². The molecule has 0 saturated heterocycles. The molecule has 1 N–H and O–H groups in total. The summed E-state index contributed by atoms with van der Waals surface area (Å²) in [6.07, 6.45) is -0.711. The lowest BCUT2D eigenvalue weighted by atomic mass is 9.98. The minimum atomic E-state index is -0.711. The van der Waals surface area contributed by atoms with Crippen molar-refractivity contribution in [3.05, 3.63) is 76.3 Å². The van der Waals surface area contributed by atoms with E-state index in [-0.39, 0.29) is 0 Å². The maximum atomic E-state index is 10.7. The monoisotopic (exact) mass is 342 g/mol. The number of halogens is 1. The predicted octanol–water partition coefficient (Wildman–Crippen LogP) is 4.69. The Bertz CT molecular complexity index is 783. The van der Waals surface area contributed by atoms with Crippen LogP contribution in [0.15, 0.2) is 65.1 Å². The Labute approximate surface area is 132 Å². The van der Waals surface area contributed by atoms with Gasteiger partial charge in [0.05, 0.1) is 7.11 Å². The van der Waals surface area contributed by atoms with Gasteiger partial charge in [-0.05, 0) is 34.5 Å². The molecule has 0 fully saturated rings. The van der Waals surface area contributed by atoms with E-state index in [1.807, 2.05) is 54.6 Å². The highest BCUT2D eigenvalue weighted by Gasteiger charge is 2.16. The number of aliphatic hydroxyl groups excluding tert-OH is 1. The van der Waals surface area contributed by atoms with E-state index < -0.39 is 6.10 Å². The molecule has 21 heavy (non-hydrogen) atoms. The molecule has 3 aromatic rings. The molecule has 3 rings (SSSR count). The van der Waals surface area contributed by atoms with Crippen molar-refractivity contribution in [1.29, 1.82) is 0 Å². The number of methoxy groups -OCH3 is 1. The fourth-order valence-electron chi connectivity index (χ4n) is 2.47. The smallest absolute Gasteiger partial charge is 0.126 e. The average molecular weight is 343 g/mol. The second kappa shape index (κ2) is 5.88. The maximum Gasteiger partial charge on any atom is 0.126 e. The third-order valence-corrected chi connectivity index (χ3v) is 4.07. The standard InChI is InChI=1S/C18H15BrO2/c1-21-17-11-15(19)8-9-16(17)18(20)14-7-6-12-4-2-3-5-13(12)10-14/h2-11,18,20H,1H3. The zero-order chi connectivity index (χ0) is 14.8. The minimum absolute atomic E-state index is 0.671. The molecule has 0 bridgehead atoms. The van der Waals surface area contributed by atoms with Gasteiger partial charge in [-0.25, -0.2) is 0 Å². The number of rotatable bonds is 3. The molecule has 3 aromatic carbocycles. The molecule has 106 valence electrons. The molecule has 0 heterocycles. The van der Waals surface area contributed by atoms with Crippen LogP contribution in [0.2, 0.25) is 0 Å². The van der Waals surface area contributed by atoms with Gasteiger partial charge in [0, 0.05) is 10.0 Å². The summed E-state index contributed by atoms with van der Waals surface area (Å²) < 4.78 is 6.29. The average Bonchev–Trinajstić information content (AvgIpc) is 2.53. The Morgan fingerprint density at radius 1 is 0.952 bits per heavy atom. The van der Waals surface area contributed by atoms with E-state index in [9.17, 15) is 5.11 Å². The molecule has 3 heteroatoms. The highest BCUT2D eigenvalue weighted by Crippen LogP contribution is 2.33.